The Labute approximate surface area is 203 Å². The molecule has 0 bridgehead atoms. The van der Waals surface area contributed by atoms with Crippen LogP contribution in [0.25, 0.3) is 0 Å². The quantitative estimate of drug-likeness (QED) is 0.351. The summed E-state index contributed by atoms with van der Waals surface area (Å²) in [5, 5.41) is 7.32. The predicted octanol–water partition coefficient (Wildman–Crippen LogP) is 7.94. The Morgan fingerprint density at radius 2 is 1.50 bits per heavy atom. The van der Waals surface area contributed by atoms with Crippen molar-refractivity contribution < 1.29 is 13.2 Å². The van der Waals surface area contributed by atoms with Gasteiger partial charge in [-0.1, -0.05) is 74.4 Å². The SMILES string of the molecule is CC#N.CCCN(CCCc1ccc(C2CCCCC2C(F)(F)F)cc1)CCc1ccccc1. The van der Waals surface area contributed by atoms with Crippen LogP contribution < -0.4 is 0 Å². The summed E-state index contributed by atoms with van der Waals surface area (Å²) in [5.41, 5.74) is 3.46. The number of nitriles is 1. The van der Waals surface area contributed by atoms with Gasteiger partial charge < -0.3 is 4.90 Å². The number of nitrogens with zero attached hydrogens (tertiary/aromatic N) is 2. The molecule has 186 valence electrons. The lowest BCUT2D eigenvalue weighted by Gasteiger charge is -2.33. The molecule has 2 atom stereocenters. The van der Waals surface area contributed by atoms with Crippen LogP contribution in [0.4, 0.5) is 13.2 Å². The van der Waals surface area contributed by atoms with Gasteiger partial charge in [0.2, 0.25) is 0 Å². The molecule has 0 aromatic heterocycles. The van der Waals surface area contributed by atoms with E-state index in [9.17, 15) is 13.2 Å². The molecule has 0 heterocycles. The minimum Gasteiger partial charge on any atom is -0.303 e. The molecule has 0 saturated heterocycles. The second-order valence-corrected chi connectivity index (χ2v) is 9.19. The zero-order chi connectivity index (χ0) is 24.8. The van der Waals surface area contributed by atoms with Crippen molar-refractivity contribution in [1.29, 1.82) is 5.26 Å². The molecule has 1 aliphatic carbocycles. The minimum atomic E-state index is -4.09. The predicted molar refractivity (Wildman–Crippen MR) is 134 cm³/mol. The average molecular weight is 473 g/mol. The zero-order valence-corrected chi connectivity index (χ0v) is 20.7. The molecule has 3 rings (SSSR count). The van der Waals surface area contributed by atoms with Crippen molar-refractivity contribution in [1.82, 2.24) is 4.90 Å². The van der Waals surface area contributed by atoms with E-state index in [4.69, 9.17) is 5.26 Å². The molecule has 1 saturated carbocycles. The van der Waals surface area contributed by atoms with Crippen molar-refractivity contribution in [2.75, 3.05) is 19.6 Å². The van der Waals surface area contributed by atoms with E-state index in [1.165, 1.54) is 18.1 Å². The standard InChI is InChI=1S/C27H36F3N.C2H3N/c1-2-19-31(21-18-22-9-4-3-5-10-22)20-8-11-23-14-16-24(17-15-23)25-12-6-7-13-26(25)27(28,29)30;1-2-3/h3-5,9-10,14-17,25-26H,2,6-8,11-13,18-21H2,1H3;1H3. The molecule has 0 N–H and O–H groups in total. The first-order chi connectivity index (χ1) is 16.4. The summed E-state index contributed by atoms with van der Waals surface area (Å²) in [6.07, 6.45) is 2.67. The van der Waals surface area contributed by atoms with Crippen molar-refractivity contribution in [3.63, 3.8) is 0 Å². The Morgan fingerprint density at radius 1 is 0.882 bits per heavy atom. The first kappa shape index (κ1) is 27.9. The van der Waals surface area contributed by atoms with Crippen LogP contribution in [0.1, 0.15) is 75.0 Å². The zero-order valence-electron chi connectivity index (χ0n) is 20.7. The summed E-state index contributed by atoms with van der Waals surface area (Å²) in [7, 11) is 0. The highest BCUT2D eigenvalue weighted by molar-refractivity contribution is 5.27. The highest BCUT2D eigenvalue weighted by Gasteiger charge is 2.45. The summed E-state index contributed by atoms with van der Waals surface area (Å²) < 4.78 is 40.3. The highest BCUT2D eigenvalue weighted by atomic mass is 19.4. The number of rotatable bonds is 10. The van der Waals surface area contributed by atoms with E-state index in [0.29, 0.717) is 12.8 Å². The number of hydrogen-bond acceptors (Lipinski definition) is 2. The fraction of sp³-hybridized carbons (Fsp3) is 0.552. The van der Waals surface area contributed by atoms with Gasteiger partial charge in [0.25, 0.3) is 0 Å². The Hall–Kier alpha value is -2.32. The monoisotopic (exact) mass is 472 g/mol. The Balaban J connectivity index is 0.00000129. The molecule has 2 unspecified atom stereocenters. The van der Waals surface area contributed by atoms with E-state index in [1.54, 1.807) is 6.07 Å². The maximum absolute atomic E-state index is 13.4. The minimum absolute atomic E-state index is 0.270. The van der Waals surface area contributed by atoms with E-state index in [0.717, 1.165) is 57.3 Å². The average Bonchev–Trinajstić information content (AvgIpc) is 2.84. The third-order valence-electron chi connectivity index (χ3n) is 6.63. The van der Waals surface area contributed by atoms with Gasteiger partial charge in [-0.3, -0.25) is 0 Å². The molecular formula is C29H39F3N2. The van der Waals surface area contributed by atoms with Gasteiger partial charge in [0.05, 0.1) is 12.0 Å². The number of benzene rings is 2. The molecule has 0 amide bonds. The molecular weight excluding hydrogens is 433 g/mol. The van der Waals surface area contributed by atoms with Crippen molar-refractivity contribution in [3.05, 3.63) is 71.3 Å². The van der Waals surface area contributed by atoms with Crippen molar-refractivity contribution in [2.24, 2.45) is 5.92 Å². The van der Waals surface area contributed by atoms with Crippen molar-refractivity contribution in [2.45, 2.75) is 77.3 Å². The molecule has 5 heteroatoms. The lowest BCUT2D eigenvalue weighted by molar-refractivity contribution is -0.187. The van der Waals surface area contributed by atoms with Crippen LogP contribution in [0.2, 0.25) is 0 Å². The highest BCUT2D eigenvalue weighted by Crippen LogP contribution is 2.46. The summed E-state index contributed by atoms with van der Waals surface area (Å²) in [6.45, 7) is 6.87. The molecule has 0 spiro atoms. The van der Waals surface area contributed by atoms with E-state index >= 15 is 0 Å². The number of alkyl halides is 3. The first-order valence-electron chi connectivity index (χ1n) is 12.6. The number of halogens is 3. The summed E-state index contributed by atoms with van der Waals surface area (Å²) in [4.78, 5) is 2.53. The summed E-state index contributed by atoms with van der Waals surface area (Å²) in [5.74, 6) is -1.56. The number of aryl methyl sites for hydroxylation is 1. The molecule has 0 radical (unpaired) electrons. The van der Waals surface area contributed by atoms with E-state index in [2.05, 4.69) is 42.2 Å². The third kappa shape index (κ3) is 9.50. The van der Waals surface area contributed by atoms with Crippen LogP contribution in [-0.2, 0) is 12.8 Å². The van der Waals surface area contributed by atoms with Gasteiger partial charge in [0, 0.05) is 13.5 Å². The first-order valence-corrected chi connectivity index (χ1v) is 12.6. The van der Waals surface area contributed by atoms with Gasteiger partial charge in [-0.25, -0.2) is 0 Å². The van der Waals surface area contributed by atoms with Crippen LogP contribution in [0.15, 0.2) is 54.6 Å². The van der Waals surface area contributed by atoms with Crippen LogP contribution in [-0.4, -0.2) is 30.7 Å². The fourth-order valence-corrected chi connectivity index (χ4v) is 4.94. The molecule has 1 aliphatic rings. The Morgan fingerprint density at radius 3 is 2.12 bits per heavy atom. The second-order valence-electron chi connectivity index (χ2n) is 9.19. The van der Waals surface area contributed by atoms with Crippen LogP contribution >= 0.6 is 0 Å². The largest absolute Gasteiger partial charge is 0.392 e. The Bertz CT molecular complexity index is 840. The lowest BCUT2D eigenvalue weighted by Crippen LogP contribution is -2.31. The lowest BCUT2D eigenvalue weighted by atomic mass is 9.75. The fourth-order valence-electron chi connectivity index (χ4n) is 4.94. The molecule has 2 aromatic carbocycles. The van der Waals surface area contributed by atoms with E-state index < -0.39 is 12.1 Å². The van der Waals surface area contributed by atoms with Crippen LogP contribution in [0, 0.1) is 17.2 Å². The van der Waals surface area contributed by atoms with Crippen LogP contribution in [0.3, 0.4) is 0 Å². The third-order valence-corrected chi connectivity index (χ3v) is 6.63. The maximum Gasteiger partial charge on any atom is 0.392 e. The smallest absolute Gasteiger partial charge is 0.303 e. The topological polar surface area (TPSA) is 27.0 Å². The number of hydrogen-bond donors (Lipinski definition) is 0. The van der Waals surface area contributed by atoms with Crippen LogP contribution in [0.5, 0.6) is 0 Å². The van der Waals surface area contributed by atoms with Crippen molar-refractivity contribution in [3.8, 4) is 6.07 Å². The van der Waals surface area contributed by atoms with E-state index in [-0.39, 0.29) is 12.3 Å². The molecule has 1 fully saturated rings. The van der Waals surface area contributed by atoms with Gasteiger partial charge >= 0.3 is 6.18 Å². The van der Waals surface area contributed by atoms with Gasteiger partial charge in [-0.2, -0.15) is 18.4 Å². The molecule has 2 aromatic rings. The van der Waals surface area contributed by atoms with Gasteiger partial charge in [0.15, 0.2) is 0 Å². The van der Waals surface area contributed by atoms with E-state index in [1.807, 2.05) is 24.3 Å². The summed E-state index contributed by atoms with van der Waals surface area (Å²) >= 11 is 0. The normalized spacial score (nSPS) is 18.1. The van der Waals surface area contributed by atoms with Gasteiger partial charge in [-0.05, 0) is 74.2 Å². The second kappa shape index (κ2) is 14.8. The molecule has 2 nitrogen and oxygen atoms in total. The van der Waals surface area contributed by atoms with Gasteiger partial charge in [0.1, 0.15) is 0 Å². The van der Waals surface area contributed by atoms with Crippen molar-refractivity contribution >= 4 is 0 Å². The molecule has 34 heavy (non-hydrogen) atoms. The Kier molecular flexibility index (Phi) is 12.2. The maximum atomic E-state index is 13.4. The van der Waals surface area contributed by atoms with Gasteiger partial charge in [-0.15, -0.1) is 0 Å². The molecule has 0 aliphatic heterocycles. The summed E-state index contributed by atoms with van der Waals surface area (Å²) in [6, 6.07) is 20.3.